The van der Waals surface area contributed by atoms with Gasteiger partial charge in [0.15, 0.2) is 6.61 Å². The lowest BCUT2D eigenvalue weighted by Gasteiger charge is -2.09. The van der Waals surface area contributed by atoms with Gasteiger partial charge in [-0.1, -0.05) is 36.8 Å². The molecule has 1 amide bonds. The second-order valence-electron chi connectivity index (χ2n) is 5.92. The molecule has 2 aromatic rings. The number of aryl methyl sites for hydroxylation is 1. The summed E-state index contributed by atoms with van der Waals surface area (Å²) in [5.41, 5.74) is 2.16. The number of sulfonamides is 1. The molecule has 0 aromatic heterocycles. The van der Waals surface area contributed by atoms with Crippen LogP contribution in [0.4, 0.5) is 0 Å². The van der Waals surface area contributed by atoms with Gasteiger partial charge in [-0.3, -0.25) is 4.79 Å². The van der Waals surface area contributed by atoms with Gasteiger partial charge in [0.25, 0.3) is 5.91 Å². The summed E-state index contributed by atoms with van der Waals surface area (Å²) >= 11 is 0. The molecule has 2 N–H and O–H groups in total. The maximum atomic E-state index is 12.0. The molecule has 2 rings (SSSR count). The number of benzene rings is 2. The van der Waals surface area contributed by atoms with Crippen molar-refractivity contribution in [2.45, 2.75) is 31.7 Å². The van der Waals surface area contributed by atoms with E-state index in [1.54, 1.807) is 0 Å². The Hall–Kier alpha value is -2.38. The van der Waals surface area contributed by atoms with Gasteiger partial charge in [-0.25, -0.2) is 13.1 Å². The molecule has 0 unspecified atom stereocenters. The summed E-state index contributed by atoms with van der Waals surface area (Å²) in [7, 11) is -3.50. The summed E-state index contributed by atoms with van der Waals surface area (Å²) in [6.07, 6.45) is 0.720. The van der Waals surface area contributed by atoms with Crippen molar-refractivity contribution < 1.29 is 17.9 Å². The first-order chi connectivity index (χ1) is 12.4. The Balaban J connectivity index is 1.82. The fourth-order valence-electron chi connectivity index (χ4n) is 2.26. The third-order valence-corrected chi connectivity index (χ3v) is 5.10. The minimum atomic E-state index is -3.50. The van der Waals surface area contributed by atoms with Gasteiger partial charge < -0.3 is 10.1 Å². The van der Waals surface area contributed by atoms with Crippen molar-refractivity contribution in [2.24, 2.45) is 0 Å². The smallest absolute Gasteiger partial charge is 0.258 e. The van der Waals surface area contributed by atoms with Crippen LogP contribution in [0.3, 0.4) is 0 Å². The molecule has 0 bridgehead atoms. The second kappa shape index (κ2) is 9.35. The molecule has 0 saturated heterocycles. The SMILES string of the molecule is CCCNS(=O)(=O)c1ccc(OCC(=O)NCc2cccc(C)c2)cc1. The number of amides is 1. The van der Waals surface area contributed by atoms with Gasteiger partial charge in [0, 0.05) is 13.1 Å². The monoisotopic (exact) mass is 376 g/mol. The Labute approximate surface area is 154 Å². The zero-order valence-electron chi connectivity index (χ0n) is 15.0. The molecule has 6 nitrogen and oxygen atoms in total. The molecular weight excluding hydrogens is 352 g/mol. The van der Waals surface area contributed by atoms with Crippen molar-refractivity contribution in [2.75, 3.05) is 13.2 Å². The van der Waals surface area contributed by atoms with Crippen molar-refractivity contribution >= 4 is 15.9 Å². The van der Waals surface area contributed by atoms with Gasteiger partial charge >= 0.3 is 0 Å². The lowest BCUT2D eigenvalue weighted by molar-refractivity contribution is -0.123. The largest absolute Gasteiger partial charge is 0.484 e. The van der Waals surface area contributed by atoms with Crippen LogP contribution in [-0.2, 0) is 21.4 Å². The average molecular weight is 376 g/mol. The zero-order valence-corrected chi connectivity index (χ0v) is 15.8. The number of carbonyl (C=O) groups excluding carboxylic acids is 1. The maximum Gasteiger partial charge on any atom is 0.258 e. The minimum Gasteiger partial charge on any atom is -0.484 e. The van der Waals surface area contributed by atoms with Crippen LogP contribution in [0.25, 0.3) is 0 Å². The first-order valence-corrected chi connectivity index (χ1v) is 9.94. The van der Waals surface area contributed by atoms with Crippen LogP contribution in [0.5, 0.6) is 5.75 Å². The van der Waals surface area contributed by atoms with Crippen molar-refractivity contribution in [1.82, 2.24) is 10.0 Å². The highest BCUT2D eigenvalue weighted by Gasteiger charge is 2.13. The molecule has 0 aliphatic heterocycles. The van der Waals surface area contributed by atoms with E-state index >= 15 is 0 Å². The van der Waals surface area contributed by atoms with Gasteiger partial charge in [-0.2, -0.15) is 0 Å². The van der Waals surface area contributed by atoms with Gasteiger partial charge in [-0.05, 0) is 43.2 Å². The molecular formula is C19H24N2O4S. The molecule has 2 aromatic carbocycles. The summed E-state index contributed by atoms with van der Waals surface area (Å²) in [4.78, 5) is 12.0. The van der Waals surface area contributed by atoms with Crippen LogP contribution in [0.15, 0.2) is 53.4 Å². The van der Waals surface area contributed by atoms with Gasteiger partial charge in [-0.15, -0.1) is 0 Å². The highest BCUT2D eigenvalue weighted by molar-refractivity contribution is 7.89. The highest BCUT2D eigenvalue weighted by atomic mass is 32.2. The van der Waals surface area contributed by atoms with Crippen LogP contribution in [0, 0.1) is 6.92 Å². The lowest BCUT2D eigenvalue weighted by atomic mass is 10.1. The van der Waals surface area contributed by atoms with E-state index in [1.165, 1.54) is 24.3 Å². The summed E-state index contributed by atoms with van der Waals surface area (Å²) in [5, 5.41) is 2.79. The topological polar surface area (TPSA) is 84.5 Å². The third-order valence-electron chi connectivity index (χ3n) is 3.62. The van der Waals surface area contributed by atoms with Crippen LogP contribution in [0.1, 0.15) is 24.5 Å². The fourth-order valence-corrected chi connectivity index (χ4v) is 3.39. The van der Waals surface area contributed by atoms with E-state index in [0.29, 0.717) is 18.8 Å². The van der Waals surface area contributed by atoms with Gasteiger partial charge in [0.05, 0.1) is 4.90 Å². The van der Waals surface area contributed by atoms with Crippen molar-refractivity contribution in [3.63, 3.8) is 0 Å². The molecule has 7 heteroatoms. The number of hydrogen-bond donors (Lipinski definition) is 2. The first-order valence-electron chi connectivity index (χ1n) is 8.45. The third kappa shape index (κ3) is 6.16. The molecule has 0 aliphatic carbocycles. The Bertz CT molecular complexity index is 833. The fraction of sp³-hybridized carbons (Fsp3) is 0.316. The number of rotatable bonds is 9. The predicted molar refractivity (Wildman–Crippen MR) is 100 cm³/mol. The number of ether oxygens (including phenoxy) is 1. The Morgan fingerprint density at radius 2 is 1.85 bits per heavy atom. The summed E-state index contributed by atoms with van der Waals surface area (Å²) in [6, 6.07) is 13.9. The number of hydrogen-bond acceptors (Lipinski definition) is 4. The molecule has 0 spiro atoms. The van der Waals surface area contributed by atoms with E-state index in [4.69, 9.17) is 4.74 Å². The van der Waals surface area contributed by atoms with Gasteiger partial charge in [0.1, 0.15) is 5.75 Å². The van der Waals surface area contributed by atoms with E-state index in [9.17, 15) is 13.2 Å². The van der Waals surface area contributed by atoms with E-state index < -0.39 is 10.0 Å². The van der Waals surface area contributed by atoms with Crippen LogP contribution < -0.4 is 14.8 Å². The number of nitrogens with one attached hydrogen (secondary N) is 2. The molecule has 26 heavy (non-hydrogen) atoms. The summed E-state index contributed by atoms with van der Waals surface area (Å²) in [6.45, 7) is 4.58. The predicted octanol–water partition coefficient (Wildman–Crippen LogP) is 2.38. The Kier molecular flexibility index (Phi) is 7.17. The normalized spacial score (nSPS) is 11.2. The Morgan fingerprint density at radius 1 is 1.12 bits per heavy atom. The molecule has 0 atom stereocenters. The van der Waals surface area contributed by atoms with Crippen LogP contribution in [-0.4, -0.2) is 27.5 Å². The second-order valence-corrected chi connectivity index (χ2v) is 7.69. The van der Waals surface area contributed by atoms with E-state index in [2.05, 4.69) is 10.0 Å². The average Bonchev–Trinajstić information content (AvgIpc) is 2.63. The van der Waals surface area contributed by atoms with E-state index in [-0.39, 0.29) is 17.4 Å². The summed E-state index contributed by atoms with van der Waals surface area (Å²) in [5.74, 6) is 0.193. The molecule has 0 fully saturated rings. The molecule has 0 radical (unpaired) electrons. The van der Waals surface area contributed by atoms with Crippen molar-refractivity contribution in [3.05, 3.63) is 59.7 Å². The van der Waals surface area contributed by atoms with Crippen molar-refractivity contribution in [1.29, 1.82) is 0 Å². The molecule has 0 saturated carbocycles. The highest BCUT2D eigenvalue weighted by Crippen LogP contribution is 2.15. The maximum absolute atomic E-state index is 12.0. The Morgan fingerprint density at radius 3 is 2.50 bits per heavy atom. The molecule has 0 aliphatic rings. The van der Waals surface area contributed by atoms with Crippen LogP contribution >= 0.6 is 0 Å². The quantitative estimate of drug-likeness (QED) is 0.704. The van der Waals surface area contributed by atoms with E-state index in [0.717, 1.165) is 17.5 Å². The van der Waals surface area contributed by atoms with E-state index in [1.807, 2.05) is 38.1 Å². The molecule has 0 heterocycles. The standard InChI is InChI=1S/C19H24N2O4S/c1-3-11-21-26(23,24)18-9-7-17(8-10-18)25-14-19(22)20-13-16-6-4-5-15(2)12-16/h4-10,12,21H,3,11,13-14H2,1-2H3,(H,20,22). The first kappa shape index (κ1) is 19.9. The number of carbonyl (C=O) groups is 1. The minimum absolute atomic E-state index is 0.133. The lowest BCUT2D eigenvalue weighted by Crippen LogP contribution is -2.28. The van der Waals surface area contributed by atoms with Crippen molar-refractivity contribution in [3.8, 4) is 5.75 Å². The van der Waals surface area contributed by atoms with Gasteiger partial charge in [0.2, 0.25) is 10.0 Å². The summed E-state index contributed by atoms with van der Waals surface area (Å²) < 4.78 is 31.9. The van der Waals surface area contributed by atoms with Crippen LogP contribution in [0.2, 0.25) is 0 Å². The molecule has 140 valence electrons. The zero-order chi connectivity index (χ0) is 19.0.